The molecule has 0 spiro atoms. The Bertz CT molecular complexity index is 760. The normalized spacial score (nSPS) is 15.8. The van der Waals surface area contributed by atoms with Crippen molar-refractivity contribution in [3.8, 4) is 0 Å². The zero-order chi connectivity index (χ0) is 18.5. The van der Waals surface area contributed by atoms with E-state index in [4.69, 9.17) is 23.2 Å². The molecule has 1 amide bonds. The lowest BCUT2D eigenvalue weighted by molar-refractivity contribution is -0.885. The molecule has 1 aliphatic heterocycles. The zero-order valence-corrected chi connectivity index (χ0v) is 16.4. The average Bonchev–Trinajstić information content (AvgIpc) is 2.64. The number of nitrogens with zero attached hydrogens (tertiary/aromatic N) is 2. The number of benzene rings is 2. The topological polar surface area (TPSA) is 28.0 Å². The maximum absolute atomic E-state index is 12.6. The molecule has 2 aromatic carbocycles. The third-order valence-corrected chi connectivity index (χ3v) is 5.42. The van der Waals surface area contributed by atoms with E-state index in [1.807, 2.05) is 60.5 Å². The van der Waals surface area contributed by atoms with Crippen molar-refractivity contribution in [2.24, 2.45) is 0 Å². The highest BCUT2D eigenvalue weighted by Crippen LogP contribution is 2.25. The Kier molecular flexibility index (Phi) is 6.41. The number of carbonyl (C=O) groups excluding carboxylic acids is 1. The standard InChI is InChI=1S/C20H23Cl2N3O/c1-23(14-16-6-2-3-7-17(16)21)15-20(26)25-12-10-24(11-13-25)19-9-5-4-8-18(19)22/h2-9H,10-15H2,1H3/p+1. The van der Waals surface area contributed by atoms with Crippen molar-refractivity contribution in [2.45, 2.75) is 6.54 Å². The van der Waals surface area contributed by atoms with E-state index in [0.717, 1.165) is 58.9 Å². The van der Waals surface area contributed by atoms with Crippen LogP contribution in [0.4, 0.5) is 5.69 Å². The van der Waals surface area contributed by atoms with Gasteiger partial charge in [-0.1, -0.05) is 53.5 Å². The summed E-state index contributed by atoms with van der Waals surface area (Å²) < 4.78 is 0. The van der Waals surface area contributed by atoms with E-state index in [0.29, 0.717) is 6.54 Å². The fourth-order valence-electron chi connectivity index (χ4n) is 3.30. The second-order valence-electron chi connectivity index (χ2n) is 6.72. The Morgan fingerprint density at radius 2 is 1.58 bits per heavy atom. The highest BCUT2D eigenvalue weighted by atomic mass is 35.5. The number of anilines is 1. The van der Waals surface area contributed by atoms with E-state index in [1.54, 1.807) is 0 Å². The van der Waals surface area contributed by atoms with Crippen LogP contribution in [0.1, 0.15) is 5.56 Å². The number of hydrogen-bond donors (Lipinski definition) is 1. The highest BCUT2D eigenvalue weighted by molar-refractivity contribution is 6.33. The Morgan fingerprint density at radius 3 is 2.23 bits per heavy atom. The number of hydrogen-bond acceptors (Lipinski definition) is 2. The largest absolute Gasteiger partial charge is 0.367 e. The minimum absolute atomic E-state index is 0.188. The van der Waals surface area contributed by atoms with Gasteiger partial charge in [-0.3, -0.25) is 4.79 Å². The molecule has 26 heavy (non-hydrogen) atoms. The molecule has 1 atom stereocenters. The van der Waals surface area contributed by atoms with Crippen molar-refractivity contribution in [3.05, 3.63) is 64.1 Å². The molecule has 2 aromatic rings. The summed E-state index contributed by atoms with van der Waals surface area (Å²) in [6.07, 6.45) is 0. The number of piperazine rings is 1. The summed E-state index contributed by atoms with van der Waals surface area (Å²) in [5, 5.41) is 1.52. The summed E-state index contributed by atoms with van der Waals surface area (Å²) in [6, 6.07) is 15.7. The lowest BCUT2D eigenvalue weighted by Gasteiger charge is -2.36. The first kappa shape index (κ1) is 19.0. The van der Waals surface area contributed by atoms with Crippen LogP contribution in [0.3, 0.4) is 0 Å². The smallest absolute Gasteiger partial charge is 0.277 e. The first-order valence-corrected chi connectivity index (χ1v) is 9.62. The van der Waals surface area contributed by atoms with Gasteiger partial charge < -0.3 is 14.7 Å². The highest BCUT2D eigenvalue weighted by Gasteiger charge is 2.24. The lowest BCUT2D eigenvalue weighted by atomic mass is 10.2. The summed E-state index contributed by atoms with van der Waals surface area (Å²) in [5.74, 6) is 0.188. The van der Waals surface area contributed by atoms with Gasteiger partial charge in [0.1, 0.15) is 6.54 Å². The van der Waals surface area contributed by atoms with Crippen molar-refractivity contribution in [3.63, 3.8) is 0 Å². The number of amides is 1. The van der Waals surface area contributed by atoms with Gasteiger partial charge in [-0.15, -0.1) is 0 Å². The van der Waals surface area contributed by atoms with Gasteiger partial charge >= 0.3 is 0 Å². The van der Waals surface area contributed by atoms with Crippen LogP contribution in [0, 0.1) is 0 Å². The molecule has 3 rings (SSSR count). The van der Waals surface area contributed by atoms with Crippen molar-refractivity contribution in [2.75, 3.05) is 44.7 Å². The number of quaternary nitrogens is 1. The summed E-state index contributed by atoms with van der Waals surface area (Å²) in [7, 11) is 2.03. The Labute approximate surface area is 164 Å². The summed E-state index contributed by atoms with van der Waals surface area (Å²) in [6.45, 7) is 4.27. The Hall–Kier alpha value is -1.75. The van der Waals surface area contributed by atoms with Crippen LogP contribution >= 0.6 is 23.2 Å². The molecule has 1 saturated heterocycles. The van der Waals surface area contributed by atoms with Crippen molar-refractivity contribution >= 4 is 34.8 Å². The molecule has 4 nitrogen and oxygen atoms in total. The Balaban J connectivity index is 1.51. The molecule has 1 heterocycles. The minimum atomic E-state index is 0.188. The first-order chi connectivity index (χ1) is 12.5. The van der Waals surface area contributed by atoms with Crippen LogP contribution < -0.4 is 9.80 Å². The number of carbonyl (C=O) groups is 1. The van der Waals surface area contributed by atoms with Crippen LogP contribution in [-0.2, 0) is 11.3 Å². The van der Waals surface area contributed by atoms with E-state index in [1.165, 1.54) is 0 Å². The summed E-state index contributed by atoms with van der Waals surface area (Å²) >= 11 is 12.5. The van der Waals surface area contributed by atoms with Crippen LogP contribution in [0.15, 0.2) is 48.5 Å². The fourth-order valence-corrected chi connectivity index (χ4v) is 3.76. The molecular weight excluding hydrogens is 369 g/mol. The predicted molar refractivity (Wildman–Crippen MR) is 107 cm³/mol. The van der Waals surface area contributed by atoms with Gasteiger partial charge in [0.15, 0.2) is 6.54 Å². The van der Waals surface area contributed by atoms with Gasteiger partial charge in [-0.05, 0) is 18.2 Å². The van der Waals surface area contributed by atoms with E-state index in [9.17, 15) is 4.79 Å². The second kappa shape index (κ2) is 8.76. The zero-order valence-electron chi connectivity index (χ0n) is 14.9. The molecule has 1 fully saturated rings. The average molecular weight is 393 g/mol. The fraction of sp³-hybridized carbons (Fsp3) is 0.350. The molecule has 6 heteroatoms. The molecule has 1 aliphatic rings. The van der Waals surface area contributed by atoms with Crippen molar-refractivity contribution < 1.29 is 9.69 Å². The number of likely N-dealkylation sites (N-methyl/N-ethyl adjacent to an activating group) is 1. The number of rotatable bonds is 5. The minimum Gasteiger partial charge on any atom is -0.367 e. The first-order valence-electron chi connectivity index (χ1n) is 8.86. The van der Waals surface area contributed by atoms with E-state index in [-0.39, 0.29) is 5.91 Å². The van der Waals surface area contributed by atoms with Gasteiger partial charge in [-0.2, -0.15) is 0 Å². The molecule has 0 radical (unpaired) electrons. The molecule has 0 aromatic heterocycles. The van der Waals surface area contributed by atoms with E-state index >= 15 is 0 Å². The van der Waals surface area contributed by atoms with Gasteiger partial charge in [-0.25, -0.2) is 0 Å². The number of halogens is 2. The lowest BCUT2D eigenvalue weighted by Crippen LogP contribution is -3.09. The number of para-hydroxylation sites is 1. The van der Waals surface area contributed by atoms with Crippen LogP contribution in [0.25, 0.3) is 0 Å². The SMILES string of the molecule is C[NH+](CC(=O)N1CCN(c2ccccc2Cl)CC1)Cc1ccccc1Cl. The van der Waals surface area contributed by atoms with Crippen molar-refractivity contribution in [1.29, 1.82) is 0 Å². The van der Waals surface area contributed by atoms with Gasteiger partial charge in [0, 0.05) is 36.8 Å². The third-order valence-electron chi connectivity index (χ3n) is 4.73. The number of nitrogens with one attached hydrogen (secondary N) is 1. The molecule has 0 aliphatic carbocycles. The van der Waals surface area contributed by atoms with Crippen LogP contribution in [0.5, 0.6) is 0 Å². The summed E-state index contributed by atoms with van der Waals surface area (Å²) in [4.78, 5) is 17.9. The molecule has 1 unspecified atom stereocenters. The molecule has 0 bridgehead atoms. The maximum atomic E-state index is 12.6. The molecular formula is C20H24Cl2N3O+. The van der Waals surface area contributed by atoms with Crippen LogP contribution in [0.2, 0.25) is 10.0 Å². The van der Waals surface area contributed by atoms with Gasteiger partial charge in [0.2, 0.25) is 0 Å². The van der Waals surface area contributed by atoms with Gasteiger partial charge in [0.05, 0.1) is 17.8 Å². The van der Waals surface area contributed by atoms with Crippen molar-refractivity contribution in [1.82, 2.24) is 4.90 Å². The summed E-state index contributed by atoms with van der Waals surface area (Å²) in [5.41, 5.74) is 2.12. The second-order valence-corrected chi connectivity index (χ2v) is 7.54. The van der Waals surface area contributed by atoms with E-state index in [2.05, 4.69) is 4.90 Å². The predicted octanol–water partition coefficient (Wildman–Crippen LogP) is 2.36. The molecule has 138 valence electrons. The molecule has 1 N–H and O–H groups in total. The molecule has 0 saturated carbocycles. The Morgan fingerprint density at radius 1 is 0.962 bits per heavy atom. The van der Waals surface area contributed by atoms with E-state index < -0.39 is 0 Å². The maximum Gasteiger partial charge on any atom is 0.277 e. The third kappa shape index (κ3) is 4.70. The monoisotopic (exact) mass is 392 g/mol. The van der Waals surface area contributed by atoms with Gasteiger partial charge in [0.25, 0.3) is 5.91 Å². The quantitative estimate of drug-likeness (QED) is 0.845. The van der Waals surface area contributed by atoms with Crippen LogP contribution in [-0.4, -0.2) is 50.6 Å².